The zero-order valence-electron chi connectivity index (χ0n) is 18.0. The minimum atomic E-state index is -0.0966. The van der Waals surface area contributed by atoms with Gasteiger partial charge >= 0.3 is 0 Å². The molecule has 1 atom stereocenters. The van der Waals surface area contributed by atoms with Crippen molar-refractivity contribution in [2.24, 2.45) is 5.92 Å². The zero-order chi connectivity index (χ0) is 21.6. The Hall–Kier alpha value is -3.41. The van der Waals surface area contributed by atoms with Gasteiger partial charge in [0.05, 0.1) is 12.5 Å². The first-order valence-electron chi connectivity index (χ1n) is 10.8. The van der Waals surface area contributed by atoms with Crippen LogP contribution in [0.5, 0.6) is 5.75 Å². The van der Waals surface area contributed by atoms with Gasteiger partial charge in [-0.3, -0.25) is 4.79 Å². The monoisotopic (exact) mass is 416 g/mol. The van der Waals surface area contributed by atoms with Crippen LogP contribution in [0.4, 0.5) is 11.6 Å². The van der Waals surface area contributed by atoms with E-state index in [0.29, 0.717) is 19.1 Å². The molecule has 6 heteroatoms. The number of piperidine rings is 1. The molecule has 0 bridgehead atoms. The number of aromatic nitrogens is 2. The van der Waals surface area contributed by atoms with Crippen molar-refractivity contribution >= 4 is 17.5 Å². The first-order valence-corrected chi connectivity index (χ1v) is 10.8. The fourth-order valence-corrected chi connectivity index (χ4v) is 3.80. The lowest BCUT2D eigenvalue weighted by Crippen LogP contribution is -2.41. The lowest BCUT2D eigenvalue weighted by molar-refractivity contribution is -0.120. The Bertz CT molecular complexity index is 1000. The highest BCUT2D eigenvalue weighted by Gasteiger charge is 2.27. The zero-order valence-corrected chi connectivity index (χ0v) is 18.0. The molecule has 3 aromatic rings. The number of carbonyl (C=O) groups is 1. The summed E-state index contributed by atoms with van der Waals surface area (Å²) in [5, 5.41) is 3.03. The Morgan fingerprint density at radius 3 is 2.45 bits per heavy atom. The van der Waals surface area contributed by atoms with Crippen LogP contribution in [-0.2, 0) is 4.79 Å². The lowest BCUT2D eigenvalue weighted by atomic mass is 9.97. The van der Waals surface area contributed by atoms with E-state index in [0.717, 1.165) is 42.0 Å². The minimum absolute atomic E-state index is 0.0325. The van der Waals surface area contributed by atoms with Gasteiger partial charge in [0, 0.05) is 36.7 Å². The summed E-state index contributed by atoms with van der Waals surface area (Å²) >= 11 is 0. The lowest BCUT2D eigenvalue weighted by Gasteiger charge is -2.32. The molecule has 6 nitrogen and oxygen atoms in total. The summed E-state index contributed by atoms with van der Waals surface area (Å²) in [4.78, 5) is 24.1. The number of benzene rings is 2. The molecule has 1 N–H and O–H groups in total. The third-order valence-electron chi connectivity index (χ3n) is 5.53. The third-order valence-corrected chi connectivity index (χ3v) is 5.53. The van der Waals surface area contributed by atoms with Crippen LogP contribution < -0.4 is 15.0 Å². The Labute approximate surface area is 183 Å². The van der Waals surface area contributed by atoms with Gasteiger partial charge < -0.3 is 15.0 Å². The number of aryl methyl sites for hydroxylation is 1. The molecule has 160 valence electrons. The van der Waals surface area contributed by atoms with Gasteiger partial charge in [0.2, 0.25) is 11.9 Å². The summed E-state index contributed by atoms with van der Waals surface area (Å²) in [5.41, 5.74) is 4.10. The van der Waals surface area contributed by atoms with Crippen molar-refractivity contribution < 1.29 is 9.53 Å². The molecule has 0 aliphatic carbocycles. The van der Waals surface area contributed by atoms with E-state index in [1.165, 1.54) is 5.56 Å². The topological polar surface area (TPSA) is 67.3 Å². The molecule has 0 unspecified atom stereocenters. The average Bonchev–Trinajstić information content (AvgIpc) is 2.81. The summed E-state index contributed by atoms with van der Waals surface area (Å²) in [5.74, 6) is 1.41. The van der Waals surface area contributed by atoms with Gasteiger partial charge in [0.1, 0.15) is 5.75 Å². The molecule has 0 spiro atoms. The highest BCUT2D eigenvalue weighted by molar-refractivity contribution is 5.93. The molecular formula is C25H28N4O2. The van der Waals surface area contributed by atoms with Crippen molar-refractivity contribution in [2.45, 2.75) is 26.7 Å². The second-order valence-electron chi connectivity index (χ2n) is 7.87. The van der Waals surface area contributed by atoms with E-state index in [2.05, 4.69) is 51.4 Å². The fourth-order valence-electron chi connectivity index (χ4n) is 3.80. The molecule has 1 aliphatic heterocycles. The quantitative estimate of drug-likeness (QED) is 0.631. The summed E-state index contributed by atoms with van der Waals surface area (Å²) < 4.78 is 5.45. The smallest absolute Gasteiger partial charge is 0.229 e. The number of ether oxygens (including phenoxy) is 1. The third kappa shape index (κ3) is 5.20. The van der Waals surface area contributed by atoms with E-state index in [1.807, 2.05) is 43.6 Å². The van der Waals surface area contributed by atoms with Gasteiger partial charge in [-0.05, 0) is 56.5 Å². The summed E-state index contributed by atoms with van der Waals surface area (Å²) in [7, 11) is 0. The van der Waals surface area contributed by atoms with Crippen molar-refractivity contribution in [3.8, 4) is 16.9 Å². The maximum absolute atomic E-state index is 12.8. The first kappa shape index (κ1) is 20.8. The normalized spacial score (nSPS) is 16.1. The highest BCUT2D eigenvalue weighted by Crippen LogP contribution is 2.24. The maximum Gasteiger partial charge on any atom is 0.229 e. The molecule has 2 heterocycles. The number of anilines is 2. The van der Waals surface area contributed by atoms with Crippen LogP contribution in [0.1, 0.15) is 25.3 Å². The van der Waals surface area contributed by atoms with E-state index in [1.54, 1.807) is 0 Å². The Morgan fingerprint density at radius 1 is 1.06 bits per heavy atom. The maximum atomic E-state index is 12.8. The molecule has 1 amide bonds. The Kier molecular flexibility index (Phi) is 6.46. The summed E-state index contributed by atoms with van der Waals surface area (Å²) in [6.07, 6.45) is 5.51. The summed E-state index contributed by atoms with van der Waals surface area (Å²) in [6.45, 7) is 6.12. The first-order chi connectivity index (χ1) is 15.1. The number of nitrogens with zero attached hydrogens (tertiary/aromatic N) is 3. The number of amides is 1. The second kappa shape index (κ2) is 9.60. The van der Waals surface area contributed by atoms with E-state index in [9.17, 15) is 4.79 Å². The number of nitrogens with one attached hydrogen (secondary N) is 1. The van der Waals surface area contributed by atoms with E-state index >= 15 is 0 Å². The van der Waals surface area contributed by atoms with Gasteiger partial charge in [0.25, 0.3) is 0 Å². The SMILES string of the molecule is CCOc1ccc(NC(=O)[C@H]2CCCN(c3ncc(-c4ccc(C)cc4)cn3)C2)cc1. The average molecular weight is 417 g/mol. The molecule has 31 heavy (non-hydrogen) atoms. The van der Waals surface area contributed by atoms with Gasteiger partial charge in [-0.15, -0.1) is 0 Å². The van der Waals surface area contributed by atoms with E-state index < -0.39 is 0 Å². The molecule has 1 fully saturated rings. The number of hydrogen-bond acceptors (Lipinski definition) is 5. The molecule has 4 rings (SSSR count). The molecule has 1 aliphatic rings. The van der Waals surface area contributed by atoms with Crippen LogP contribution in [0.2, 0.25) is 0 Å². The van der Waals surface area contributed by atoms with Gasteiger partial charge in [-0.25, -0.2) is 9.97 Å². The van der Waals surface area contributed by atoms with Gasteiger partial charge in [-0.2, -0.15) is 0 Å². The van der Waals surface area contributed by atoms with Crippen molar-refractivity contribution in [3.63, 3.8) is 0 Å². The van der Waals surface area contributed by atoms with E-state index in [4.69, 9.17) is 4.74 Å². The second-order valence-corrected chi connectivity index (χ2v) is 7.87. The van der Waals surface area contributed by atoms with Crippen molar-refractivity contribution in [3.05, 3.63) is 66.5 Å². The molecule has 1 saturated heterocycles. The van der Waals surface area contributed by atoms with Crippen LogP contribution in [0.15, 0.2) is 60.9 Å². The number of hydrogen-bond donors (Lipinski definition) is 1. The van der Waals surface area contributed by atoms with Crippen LogP contribution in [-0.4, -0.2) is 35.6 Å². The molecular weight excluding hydrogens is 388 g/mol. The van der Waals surface area contributed by atoms with Crippen molar-refractivity contribution in [1.82, 2.24) is 9.97 Å². The van der Waals surface area contributed by atoms with Crippen LogP contribution in [0.25, 0.3) is 11.1 Å². The fraction of sp³-hybridized carbons (Fsp3) is 0.320. The molecule has 1 aromatic heterocycles. The van der Waals surface area contributed by atoms with Crippen LogP contribution in [0.3, 0.4) is 0 Å². The standard InChI is InChI=1S/C25H28N4O2/c1-3-31-23-12-10-22(11-13-23)28-24(30)20-5-4-14-29(17-20)25-26-15-21(16-27-25)19-8-6-18(2)7-9-19/h6-13,15-16,20H,3-5,14,17H2,1-2H3,(H,28,30)/t20-/m0/s1. The predicted octanol–water partition coefficient (Wildman–Crippen LogP) is 4.71. The molecule has 2 aromatic carbocycles. The van der Waals surface area contributed by atoms with Crippen LogP contribution in [0, 0.1) is 12.8 Å². The van der Waals surface area contributed by atoms with Crippen molar-refractivity contribution in [1.29, 1.82) is 0 Å². The summed E-state index contributed by atoms with van der Waals surface area (Å²) in [6, 6.07) is 15.8. The molecule has 0 radical (unpaired) electrons. The van der Waals surface area contributed by atoms with Gasteiger partial charge in [-0.1, -0.05) is 29.8 Å². The Morgan fingerprint density at radius 2 is 1.77 bits per heavy atom. The minimum Gasteiger partial charge on any atom is -0.494 e. The van der Waals surface area contributed by atoms with Gasteiger partial charge in [0.15, 0.2) is 0 Å². The van der Waals surface area contributed by atoms with Crippen LogP contribution >= 0.6 is 0 Å². The van der Waals surface area contributed by atoms with Crippen molar-refractivity contribution in [2.75, 3.05) is 29.9 Å². The number of carbonyl (C=O) groups excluding carboxylic acids is 1. The predicted molar refractivity (Wildman–Crippen MR) is 123 cm³/mol. The number of rotatable bonds is 6. The Balaban J connectivity index is 1.38. The highest BCUT2D eigenvalue weighted by atomic mass is 16.5. The van der Waals surface area contributed by atoms with E-state index in [-0.39, 0.29) is 11.8 Å². The molecule has 0 saturated carbocycles. The largest absolute Gasteiger partial charge is 0.494 e.